The number of benzene rings is 2. The minimum Gasteiger partial charge on any atom is -0.497 e. The van der Waals surface area contributed by atoms with E-state index in [0.29, 0.717) is 5.75 Å². The summed E-state index contributed by atoms with van der Waals surface area (Å²) in [6.45, 7) is 0.366. The second-order valence-electron chi connectivity index (χ2n) is 5.54. The van der Waals surface area contributed by atoms with Crippen molar-refractivity contribution in [2.75, 3.05) is 25.6 Å². The molecule has 0 radical (unpaired) electrons. The Hall–Kier alpha value is -2.67. The van der Waals surface area contributed by atoms with Crippen LogP contribution in [-0.2, 0) is 14.3 Å². The van der Waals surface area contributed by atoms with Crippen LogP contribution in [0.15, 0.2) is 53.4 Å². The number of ether oxygens (including phenoxy) is 3. The first-order valence-electron chi connectivity index (χ1n) is 8.15. The molecule has 0 spiro atoms. The largest absolute Gasteiger partial charge is 0.497 e. The molecule has 1 aliphatic rings. The lowest BCUT2D eigenvalue weighted by molar-refractivity contribution is -0.145. The van der Waals surface area contributed by atoms with E-state index in [1.54, 1.807) is 31.4 Å². The second kappa shape index (κ2) is 8.62. The smallest absolute Gasteiger partial charge is 0.307 e. The van der Waals surface area contributed by atoms with Gasteiger partial charge in [0.05, 0.1) is 24.5 Å². The monoisotopic (exact) mass is 373 g/mol. The Morgan fingerprint density at radius 3 is 2.58 bits per heavy atom. The zero-order chi connectivity index (χ0) is 18.4. The number of nitrogens with one attached hydrogen (secondary N) is 1. The van der Waals surface area contributed by atoms with Crippen LogP contribution in [0, 0.1) is 0 Å². The molecule has 6 nitrogen and oxygen atoms in total. The second-order valence-corrected chi connectivity index (χ2v) is 6.79. The van der Waals surface area contributed by atoms with Gasteiger partial charge in [0.25, 0.3) is 0 Å². The van der Waals surface area contributed by atoms with Gasteiger partial charge in [0.2, 0.25) is 5.91 Å². The first kappa shape index (κ1) is 18.1. The van der Waals surface area contributed by atoms with Crippen molar-refractivity contribution in [3.8, 4) is 11.5 Å². The molecule has 0 aromatic heterocycles. The summed E-state index contributed by atoms with van der Waals surface area (Å²) in [4.78, 5) is 25.0. The van der Waals surface area contributed by atoms with Gasteiger partial charge in [-0.2, -0.15) is 0 Å². The van der Waals surface area contributed by atoms with Crippen molar-refractivity contribution in [1.82, 2.24) is 0 Å². The summed E-state index contributed by atoms with van der Waals surface area (Å²) in [6.07, 6.45) is 0.0212. The van der Waals surface area contributed by atoms with Crippen LogP contribution in [0.1, 0.15) is 6.42 Å². The molecule has 0 saturated carbocycles. The maximum absolute atomic E-state index is 12.1. The van der Waals surface area contributed by atoms with E-state index in [0.717, 1.165) is 16.3 Å². The van der Waals surface area contributed by atoms with E-state index in [2.05, 4.69) is 5.32 Å². The molecule has 2 aromatic rings. The number of para-hydroxylation sites is 1. The maximum atomic E-state index is 12.1. The SMILES string of the molecule is COc1ccc(OCCOC(=O)C[C@@H]2Sc3ccccc3NC2=O)cc1. The molecule has 0 unspecified atom stereocenters. The van der Waals surface area contributed by atoms with Crippen molar-refractivity contribution in [2.24, 2.45) is 0 Å². The molecule has 1 heterocycles. The number of hydrogen-bond donors (Lipinski definition) is 1. The van der Waals surface area contributed by atoms with Crippen molar-refractivity contribution in [3.05, 3.63) is 48.5 Å². The average Bonchev–Trinajstić information content (AvgIpc) is 2.66. The van der Waals surface area contributed by atoms with Gasteiger partial charge in [-0.1, -0.05) is 12.1 Å². The van der Waals surface area contributed by atoms with Crippen LogP contribution in [0.2, 0.25) is 0 Å². The number of esters is 1. The number of hydrogen-bond acceptors (Lipinski definition) is 6. The molecule has 3 rings (SSSR count). The lowest BCUT2D eigenvalue weighted by Crippen LogP contribution is -2.31. The molecular weight excluding hydrogens is 354 g/mol. The van der Waals surface area contributed by atoms with Crippen LogP contribution in [0.5, 0.6) is 11.5 Å². The van der Waals surface area contributed by atoms with Crippen LogP contribution < -0.4 is 14.8 Å². The lowest BCUT2D eigenvalue weighted by Gasteiger charge is -2.23. The van der Waals surface area contributed by atoms with Crippen molar-refractivity contribution < 1.29 is 23.8 Å². The molecule has 0 aliphatic carbocycles. The zero-order valence-corrected chi connectivity index (χ0v) is 15.1. The number of amides is 1. The van der Waals surface area contributed by atoms with Crippen molar-refractivity contribution in [2.45, 2.75) is 16.6 Å². The highest BCUT2D eigenvalue weighted by molar-refractivity contribution is 8.01. The summed E-state index contributed by atoms with van der Waals surface area (Å²) in [6, 6.07) is 14.6. The number of anilines is 1. The molecule has 7 heteroatoms. The summed E-state index contributed by atoms with van der Waals surface area (Å²) < 4.78 is 15.7. The third-order valence-electron chi connectivity index (χ3n) is 3.73. The predicted octanol–water partition coefficient (Wildman–Crippen LogP) is 3.12. The molecule has 0 fully saturated rings. The molecule has 136 valence electrons. The molecular formula is C19H19NO5S. The van der Waals surface area contributed by atoms with E-state index in [4.69, 9.17) is 14.2 Å². The molecule has 2 aromatic carbocycles. The molecule has 1 N–H and O–H groups in total. The van der Waals surface area contributed by atoms with Crippen molar-refractivity contribution in [3.63, 3.8) is 0 Å². The highest BCUT2D eigenvalue weighted by Gasteiger charge is 2.29. The Morgan fingerprint density at radius 2 is 1.81 bits per heavy atom. The van der Waals surface area contributed by atoms with E-state index >= 15 is 0 Å². The highest BCUT2D eigenvalue weighted by Crippen LogP contribution is 2.36. The third kappa shape index (κ3) is 4.70. The lowest BCUT2D eigenvalue weighted by atomic mass is 10.2. The van der Waals surface area contributed by atoms with Crippen LogP contribution in [-0.4, -0.2) is 37.4 Å². The molecule has 0 bridgehead atoms. The Balaban J connectivity index is 1.41. The van der Waals surface area contributed by atoms with Gasteiger partial charge < -0.3 is 19.5 Å². The fourth-order valence-electron chi connectivity index (χ4n) is 2.42. The number of methoxy groups -OCH3 is 1. The predicted molar refractivity (Wildman–Crippen MR) is 98.8 cm³/mol. The minimum atomic E-state index is -0.486. The fourth-order valence-corrected chi connectivity index (χ4v) is 3.52. The quantitative estimate of drug-likeness (QED) is 0.594. The van der Waals surface area contributed by atoms with Gasteiger partial charge in [0.15, 0.2) is 0 Å². The standard InChI is InChI=1S/C19H19NO5S/c1-23-13-6-8-14(9-7-13)24-10-11-25-18(21)12-17-19(22)20-15-4-2-3-5-16(15)26-17/h2-9,17H,10-12H2,1H3,(H,20,22)/t17-/m0/s1. The third-order valence-corrected chi connectivity index (χ3v) is 5.01. The Bertz CT molecular complexity index is 778. The maximum Gasteiger partial charge on any atom is 0.307 e. The number of thioether (sulfide) groups is 1. The summed E-state index contributed by atoms with van der Waals surface area (Å²) in [5, 5.41) is 2.32. The van der Waals surface area contributed by atoms with E-state index in [9.17, 15) is 9.59 Å². The summed E-state index contributed by atoms with van der Waals surface area (Å²) in [5.41, 5.74) is 0.778. The van der Waals surface area contributed by atoms with E-state index in [1.807, 2.05) is 24.3 Å². The first-order chi connectivity index (χ1) is 12.7. The Morgan fingerprint density at radius 1 is 1.08 bits per heavy atom. The molecule has 1 amide bonds. The van der Waals surface area contributed by atoms with Gasteiger partial charge in [-0.3, -0.25) is 9.59 Å². The zero-order valence-electron chi connectivity index (χ0n) is 14.3. The number of carbonyl (C=O) groups excluding carboxylic acids is 2. The van der Waals surface area contributed by atoms with Crippen LogP contribution in [0.25, 0.3) is 0 Å². The summed E-state index contributed by atoms with van der Waals surface area (Å²) in [5.74, 6) is 0.810. The Labute approximate surface area is 155 Å². The number of rotatable bonds is 7. The normalized spacial score (nSPS) is 15.6. The van der Waals surface area contributed by atoms with Gasteiger partial charge in [-0.15, -0.1) is 11.8 Å². The van der Waals surface area contributed by atoms with E-state index in [-0.39, 0.29) is 25.5 Å². The van der Waals surface area contributed by atoms with Crippen LogP contribution in [0.4, 0.5) is 5.69 Å². The summed E-state index contributed by atoms with van der Waals surface area (Å²) in [7, 11) is 1.60. The van der Waals surface area contributed by atoms with Gasteiger partial charge in [0.1, 0.15) is 24.7 Å². The topological polar surface area (TPSA) is 73.9 Å². The van der Waals surface area contributed by atoms with Crippen molar-refractivity contribution >= 4 is 29.3 Å². The van der Waals surface area contributed by atoms with Crippen LogP contribution >= 0.6 is 11.8 Å². The fraction of sp³-hybridized carbons (Fsp3) is 0.263. The summed E-state index contributed by atoms with van der Waals surface area (Å²) >= 11 is 1.38. The van der Waals surface area contributed by atoms with E-state index < -0.39 is 11.2 Å². The molecule has 26 heavy (non-hydrogen) atoms. The van der Waals surface area contributed by atoms with Gasteiger partial charge in [0, 0.05) is 4.90 Å². The van der Waals surface area contributed by atoms with Gasteiger partial charge in [-0.25, -0.2) is 0 Å². The molecule has 1 aliphatic heterocycles. The number of carbonyl (C=O) groups is 2. The van der Waals surface area contributed by atoms with Crippen molar-refractivity contribution in [1.29, 1.82) is 0 Å². The highest BCUT2D eigenvalue weighted by atomic mass is 32.2. The number of fused-ring (bicyclic) bond motifs is 1. The van der Waals surface area contributed by atoms with Gasteiger partial charge in [-0.05, 0) is 36.4 Å². The van der Waals surface area contributed by atoms with Crippen LogP contribution in [0.3, 0.4) is 0 Å². The van der Waals surface area contributed by atoms with Gasteiger partial charge >= 0.3 is 5.97 Å². The first-order valence-corrected chi connectivity index (χ1v) is 9.02. The molecule has 0 saturated heterocycles. The average molecular weight is 373 g/mol. The molecule has 1 atom stereocenters. The minimum absolute atomic E-state index is 0.0212. The van der Waals surface area contributed by atoms with E-state index in [1.165, 1.54) is 11.8 Å². The Kier molecular flexibility index (Phi) is 6.01.